The molecule has 0 unspecified atom stereocenters. The lowest BCUT2D eigenvalue weighted by Crippen LogP contribution is -2.41. The van der Waals surface area contributed by atoms with Gasteiger partial charge in [-0.15, -0.1) is 0 Å². The summed E-state index contributed by atoms with van der Waals surface area (Å²) in [5, 5.41) is 14.8. The molecule has 0 aliphatic carbocycles. The number of hydrazine groups is 2. The van der Waals surface area contributed by atoms with E-state index in [1.807, 2.05) is 12.2 Å². The van der Waals surface area contributed by atoms with E-state index < -0.39 is 4.92 Å². The van der Waals surface area contributed by atoms with Crippen LogP contribution < -0.4 is 5.43 Å². The average molecular weight is 318 g/mol. The molecule has 9 nitrogen and oxygen atoms in total. The summed E-state index contributed by atoms with van der Waals surface area (Å²) in [6, 6.07) is 4.56. The lowest BCUT2D eigenvalue weighted by molar-refractivity contribution is -0.401. The van der Waals surface area contributed by atoms with Crippen LogP contribution in [0.2, 0.25) is 0 Å². The zero-order chi connectivity index (χ0) is 16.4. The Kier molecular flexibility index (Phi) is 4.22. The molecule has 122 valence electrons. The monoisotopic (exact) mass is 318 g/mol. The Hall–Kier alpha value is -2.52. The topological polar surface area (TPSA) is 101 Å². The van der Waals surface area contributed by atoms with Crippen LogP contribution in [0.4, 0.5) is 11.7 Å². The van der Waals surface area contributed by atoms with Gasteiger partial charge in [0.2, 0.25) is 0 Å². The molecule has 0 saturated carbocycles. The third-order valence-corrected chi connectivity index (χ3v) is 3.65. The molecular formula is C14H18N6O3. The average Bonchev–Trinajstić information content (AvgIpc) is 3.18. The second kappa shape index (κ2) is 6.31. The first-order valence-corrected chi connectivity index (χ1v) is 7.38. The quantitative estimate of drug-likeness (QED) is 0.661. The van der Waals surface area contributed by atoms with Gasteiger partial charge in [-0.25, -0.2) is 15.0 Å². The molecular weight excluding hydrogens is 300 g/mol. The highest BCUT2D eigenvalue weighted by molar-refractivity contribution is 5.58. The van der Waals surface area contributed by atoms with Gasteiger partial charge in [0.15, 0.2) is 5.76 Å². The van der Waals surface area contributed by atoms with Crippen LogP contribution in [0.3, 0.4) is 0 Å². The van der Waals surface area contributed by atoms with Crippen LogP contribution in [0.15, 0.2) is 22.6 Å². The zero-order valence-electron chi connectivity index (χ0n) is 13.0. The standard InChI is InChI=1S/C14H18N6O3/c1-10-15-11(12-5-6-14(23-12)20(21)22)9-13(16-10)17-18(2)19-7-3-4-8-19/h5-6,9H,3-4,7-8H2,1-2H3,(H,15,16,17). The van der Waals surface area contributed by atoms with E-state index in [1.54, 1.807) is 13.0 Å². The Morgan fingerprint density at radius 3 is 2.74 bits per heavy atom. The number of nitro groups is 1. The van der Waals surface area contributed by atoms with Gasteiger partial charge < -0.3 is 4.42 Å². The molecule has 0 atom stereocenters. The minimum atomic E-state index is -0.572. The molecule has 3 heterocycles. The van der Waals surface area contributed by atoms with Gasteiger partial charge in [-0.3, -0.25) is 15.5 Å². The minimum absolute atomic E-state index is 0.306. The fourth-order valence-electron chi connectivity index (χ4n) is 2.55. The maximum Gasteiger partial charge on any atom is 0.433 e. The van der Waals surface area contributed by atoms with Crippen molar-refractivity contribution in [1.82, 2.24) is 20.1 Å². The summed E-state index contributed by atoms with van der Waals surface area (Å²) < 4.78 is 5.20. The van der Waals surface area contributed by atoms with E-state index in [0.717, 1.165) is 13.1 Å². The Bertz CT molecular complexity index is 710. The maximum absolute atomic E-state index is 10.7. The van der Waals surface area contributed by atoms with Crippen LogP contribution in [0, 0.1) is 17.0 Å². The van der Waals surface area contributed by atoms with Crippen molar-refractivity contribution in [2.75, 3.05) is 25.6 Å². The molecule has 0 aromatic carbocycles. The SMILES string of the molecule is Cc1nc(NN(C)N2CCCC2)cc(-c2ccc([N+](=O)[O-])o2)n1. The molecule has 0 radical (unpaired) electrons. The number of nitrogens with one attached hydrogen (secondary N) is 1. The smallest absolute Gasteiger partial charge is 0.399 e. The minimum Gasteiger partial charge on any atom is -0.399 e. The molecule has 2 aromatic heterocycles. The molecule has 1 fully saturated rings. The molecule has 3 rings (SSSR count). The molecule has 0 amide bonds. The van der Waals surface area contributed by atoms with Crippen molar-refractivity contribution in [3.05, 3.63) is 34.1 Å². The van der Waals surface area contributed by atoms with Gasteiger partial charge in [0.25, 0.3) is 0 Å². The lowest BCUT2D eigenvalue weighted by atomic mass is 10.3. The normalized spacial score (nSPS) is 15.3. The number of hydrogen-bond acceptors (Lipinski definition) is 8. The van der Waals surface area contributed by atoms with Crippen molar-refractivity contribution in [2.24, 2.45) is 0 Å². The van der Waals surface area contributed by atoms with Crippen LogP contribution in [-0.4, -0.2) is 45.2 Å². The van der Waals surface area contributed by atoms with E-state index in [9.17, 15) is 10.1 Å². The highest BCUT2D eigenvalue weighted by Gasteiger charge is 2.18. The van der Waals surface area contributed by atoms with Gasteiger partial charge in [0, 0.05) is 26.2 Å². The Morgan fingerprint density at radius 1 is 1.35 bits per heavy atom. The van der Waals surface area contributed by atoms with Crippen molar-refractivity contribution in [1.29, 1.82) is 0 Å². The zero-order valence-corrected chi connectivity index (χ0v) is 13.0. The van der Waals surface area contributed by atoms with Crippen LogP contribution in [-0.2, 0) is 0 Å². The molecule has 0 bridgehead atoms. The van der Waals surface area contributed by atoms with Crippen LogP contribution >= 0.6 is 0 Å². The number of nitrogens with zero attached hydrogens (tertiary/aromatic N) is 5. The summed E-state index contributed by atoms with van der Waals surface area (Å²) in [6.45, 7) is 3.78. The van der Waals surface area contributed by atoms with Crippen LogP contribution in [0.1, 0.15) is 18.7 Å². The van der Waals surface area contributed by atoms with Crippen LogP contribution in [0.5, 0.6) is 0 Å². The lowest BCUT2D eigenvalue weighted by Gasteiger charge is -2.28. The Labute approximate surface area is 133 Å². The third kappa shape index (κ3) is 3.46. The number of anilines is 1. The van der Waals surface area contributed by atoms with Crippen LogP contribution in [0.25, 0.3) is 11.5 Å². The number of aryl methyl sites for hydroxylation is 1. The predicted molar refractivity (Wildman–Crippen MR) is 83.3 cm³/mol. The summed E-state index contributed by atoms with van der Waals surface area (Å²) >= 11 is 0. The molecule has 1 saturated heterocycles. The Balaban J connectivity index is 1.81. The van der Waals surface area contributed by atoms with E-state index in [2.05, 4.69) is 20.4 Å². The number of aromatic nitrogens is 2. The fraction of sp³-hybridized carbons (Fsp3) is 0.429. The Morgan fingerprint density at radius 2 is 2.09 bits per heavy atom. The number of rotatable bonds is 5. The summed E-state index contributed by atoms with van der Waals surface area (Å²) in [7, 11) is 1.93. The molecule has 1 aliphatic rings. The first-order valence-electron chi connectivity index (χ1n) is 7.38. The predicted octanol–water partition coefficient (Wildman–Crippen LogP) is 2.22. The first kappa shape index (κ1) is 15.4. The number of hydrogen-bond donors (Lipinski definition) is 1. The second-order valence-corrected chi connectivity index (χ2v) is 5.38. The number of furan rings is 1. The van der Waals surface area contributed by atoms with E-state index in [-0.39, 0.29) is 5.88 Å². The van der Waals surface area contributed by atoms with Crippen molar-refractivity contribution < 1.29 is 9.34 Å². The maximum atomic E-state index is 10.7. The third-order valence-electron chi connectivity index (χ3n) is 3.65. The van der Waals surface area contributed by atoms with Gasteiger partial charge in [0.1, 0.15) is 22.3 Å². The van der Waals surface area contributed by atoms with E-state index in [1.165, 1.54) is 25.0 Å². The summed E-state index contributed by atoms with van der Waals surface area (Å²) in [6.07, 6.45) is 2.35. The van der Waals surface area contributed by atoms with E-state index in [0.29, 0.717) is 23.1 Å². The van der Waals surface area contributed by atoms with Crippen molar-refractivity contribution in [3.63, 3.8) is 0 Å². The molecule has 0 spiro atoms. The van der Waals surface area contributed by atoms with Gasteiger partial charge >= 0.3 is 5.88 Å². The van der Waals surface area contributed by atoms with E-state index >= 15 is 0 Å². The van der Waals surface area contributed by atoms with Crippen molar-refractivity contribution in [3.8, 4) is 11.5 Å². The van der Waals surface area contributed by atoms with E-state index in [4.69, 9.17) is 4.42 Å². The van der Waals surface area contributed by atoms with Gasteiger partial charge in [-0.05, 0) is 25.8 Å². The van der Waals surface area contributed by atoms with Gasteiger partial charge in [-0.2, -0.15) is 5.12 Å². The highest BCUT2D eigenvalue weighted by Crippen LogP contribution is 2.26. The van der Waals surface area contributed by atoms with Crippen molar-refractivity contribution in [2.45, 2.75) is 19.8 Å². The highest BCUT2D eigenvalue weighted by atomic mass is 16.6. The summed E-state index contributed by atoms with van der Waals surface area (Å²) in [4.78, 5) is 18.8. The molecule has 1 N–H and O–H groups in total. The molecule has 9 heteroatoms. The molecule has 23 heavy (non-hydrogen) atoms. The molecule has 2 aromatic rings. The summed E-state index contributed by atoms with van der Waals surface area (Å²) in [5.41, 5.74) is 3.70. The summed E-state index contributed by atoms with van der Waals surface area (Å²) in [5.74, 6) is 1.20. The van der Waals surface area contributed by atoms with Gasteiger partial charge in [-0.1, -0.05) is 0 Å². The first-order chi connectivity index (χ1) is 11.0. The fourth-order valence-corrected chi connectivity index (χ4v) is 2.55. The van der Waals surface area contributed by atoms with Crippen molar-refractivity contribution >= 4 is 11.7 Å². The largest absolute Gasteiger partial charge is 0.433 e. The second-order valence-electron chi connectivity index (χ2n) is 5.38. The van der Waals surface area contributed by atoms with Gasteiger partial charge in [0.05, 0.1) is 6.07 Å². The molecule has 1 aliphatic heterocycles.